The third-order valence-corrected chi connectivity index (χ3v) is 5.39. The number of methoxy groups -OCH3 is 1. The van der Waals surface area contributed by atoms with Crippen molar-refractivity contribution in [2.45, 2.75) is 32.5 Å². The van der Waals surface area contributed by atoms with E-state index in [0.717, 1.165) is 22.4 Å². The number of aromatic nitrogens is 1. The van der Waals surface area contributed by atoms with E-state index in [1.54, 1.807) is 43.5 Å². The highest BCUT2D eigenvalue weighted by Crippen LogP contribution is 2.17. The van der Waals surface area contributed by atoms with Crippen LogP contribution in [0.15, 0.2) is 73.1 Å². The molecule has 3 aromatic rings. The zero-order valence-electron chi connectivity index (χ0n) is 18.1. The lowest BCUT2D eigenvalue weighted by molar-refractivity contribution is -0.140. The summed E-state index contributed by atoms with van der Waals surface area (Å²) in [5.41, 5.74) is 2.63. The van der Waals surface area contributed by atoms with Crippen LogP contribution in [0.5, 0.6) is 5.75 Å². The minimum atomic E-state index is -0.659. The molecule has 0 aliphatic rings. The van der Waals surface area contributed by atoms with Gasteiger partial charge in [0.05, 0.1) is 13.5 Å². The summed E-state index contributed by atoms with van der Waals surface area (Å²) in [6.45, 7) is 2.39. The highest BCUT2D eigenvalue weighted by molar-refractivity contribution is 6.30. The van der Waals surface area contributed by atoms with Gasteiger partial charge >= 0.3 is 0 Å². The van der Waals surface area contributed by atoms with E-state index in [-0.39, 0.29) is 18.2 Å². The summed E-state index contributed by atoms with van der Waals surface area (Å²) >= 11 is 5.96. The monoisotopic (exact) mass is 451 g/mol. The summed E-state index contributed by atoms with van der Waals surface area (Å²) in [4.78, 5) is 31.8. The minimum absolute atomic E-state index is 0.146. The van der Waals surface area contributed by atoms with Gasteiger partial charge < -0.3 is 15.0 Å². The van der Waals surface area contributed by atoms with Crippen molar-refractivity contribution in [2.75, 3.05) is 7.11 Å². The molecule has 0 radical (unpaired) electrons. The summed E-state index contributed by atoms with van der Waals surface area (Å²) in [5, 5.41) is 3.51. The van der Waals surface area contributed by atoms with Crippen molar-refractivity contribution in [3.8, 4) is 5.75 Å². The first-order valence-corrected chi connectivity index (χ1v) is 10.7. The van der Waals surface area contributed by atoms with Crippen LogP contribution < -0.4 is 10.1 Å². The molecule has 6 nitrogen and oxygen atoms in total. The number of benzene rings is 2. The van der Waals surface area contributed by atoms with E-state index >= 15 is 0 Å². The van der Waals surface area contributed by atoms with E-state index in [1.807, 2.05) is 48.5 Å². The number of nitrogens with zero attached hydrogens (tertiary/aromatic N) is 2. The van der Waals surface area contributed by atoms with E-state index < -0.39 is 6.04 Å². The smallest absolute Gasteiger partial charge is 0.242 e. The predicted octanol–water partition coefficient (Wildman–Crippen LogP) is 4.02. The molecule has 1 atom stereocenters. The van der Waals surface area contributed by atoms with Crippen LogP contribution >= 0.6 is 11.6 Å². The molecule has 0 saturated carbocycles. The summed E-state index contributed by atoms with van der Waals surface area (Å²) < 4.78 is 5.21. The fraction of sp³-hybridized carbons (Fsp3) is 0.240. The number of ether oxygens (including phenoxy) is 1. The summed E-state index contributed by atoms with van der Waals surface area (Å²) in [7, 11) is 1.60. The molecule has 1 heterocycles. The third-order valence-electron chi connectivity index (χ3n) is 5.14. The van der Waals surface area contributed by atoms with Crippen LogP contribution in [0.1, 0.15) is 23.6 Å². The lowest BCUT2D eigenvalue weighted by atomic mass is 10.1. The molecule has 0 unspecified atom stereocenters. The van der Waals surface area contributed by atoms with Gasteiger partial charge in [-0.05, 0) is 53.9 Å². The Morgan fingerprint density at radius 1 is 1.03 bits per heavy atom. The summed E-state index contributed by atoms with van der Waals surface area (Å²) in [6, 6.07) is 17.6. The standard InChI is InChI=1S/C25H26ClN3O3/c1-18(25(31)28-16-21-4-3-13-27-15-21)29(17-20-7-11-23(32-2)12-8-20)24(30)14-19-5-9-22(26)10-6-19/h3-13,15,18H,14,16-17H2,1-2H3,(H,28,31)/t18-/m1/s1. The molecule has 0 bridgehead atoms. The number of rotatable bonds is 9. The van der Waals surface area contributed by atoms with Gasteiger partial charge in [0, 0.05) is 30.5 Å². The zero-order valence-corrected chi connectivity index (χ0v) is 18.9. The van der Waals surface area contributed by atoms with Gasteiger partial charge in [0.2, 0.25) is 11.8 Å². The number of hydrogen-bond donors (Lipinski definition) is 1. The van der Waals surface area contributed by atoms with Crippen molar-refractivity contribution >= 4 is 23.4 Å². The van der Waals surface area contributed by atoms with Crippen molar-refractivity contribution in [1.29, 1.82) is 0 Å². The topological polar surface area (TPSA) is 71.5 Å². The lowest BCUT2D eigenvalue weighted by Crippen LogP contribution is -2.48. The molecule has 1 N–H and O–H groups in total. The number of halogens is 1. The van der Waals surface area contributed by atoms with Crippen LogP contribution in [0.3, 0.4) is 0 Å². The number of hydrogen-bond acceptors (Lipinski definition) is 4. The second-order valence-electron chi connectivity index (χ2n) is 7.43. The second-order valence-corrected chi connectivity index (χ2v) is 7.86. The van der Waals surface area contributed by atoms with Crippen LogP contribution in [-0.2, 0) is 29.1 Å². The molecule has 0 spiro atoms. The zero-order chi connectivity index (χ0) is 22.9. The normalized spacial score (nSPS) is 11.5. The molecule has 0 saturated heterocycles. The number of carbonyl (C=O) groups is 2. The first kappa shape index (κ1) is 23.3. The first-order chi connectivity index (χ1) is 15.5. The average Bonchev–Trinajstić information content (AvgIpc) is 2.83. The molecule has 3 rings (SSSR count). The highest BCUT2D eigenvalue weighted by atomic mass is 35.5. The number of amides is 2. The molecule has 0 fully saturated rings. The van der Waals surface area contributed by atoms with Gasteiger partial charge in [-0.25, -0.2) is 0 Å². The van der Waals surface area contributed by atoms with Crippen molar-refractivity contribution in [2.24, 2.45) is 0 Å². The fourth-order valence-corrected chi connectivity index (χ4v) is 3.35. The Labute approximate surface area is 193 Å². The minimum Gasteiger partial charge on any atom is -0.497 e. The lowest BCUT2D eigenvalue weighted by Gasteiger charge is -2.29. The molecule has 32 heavy (non-hydrogen) atoms. The van der Waals surface area contributed by atoms with Gasteiger partial charge in [-0.2, -0.15) is 0 Å². The maximum Gasteiger partial charge on any atom is 0.242 e. The summed E-state index contributed by atoms with van der Waals surface area (Å²) in [5.74, 6) is 0.356. The molecule has 0 aliphatic heterocycles. The average molecular weight is 452 g/mol. The van der Waals surface area contributed by atoms with Crippen LogP contribution in [0, 0.1) is 0 Å². The molecule has 2 aromatic carbocycles. The molecule has 0 aliphatic carbocycles. The van der Waals surface area contributed by atoms with E-state index in [1.165, 1.54) is 0 Å². The van der Waals surface area contributed by atoms with Crippen molar-refractivity contribution in [1.82, 2.24) is 15.2 Å². The SMILES string of the molecule is COc1ccc(CN(C(=O)Cc2ccc(Cl)cc2)[C@H](C)C(=O)NCc2cccnc2)cc1. The molecule has 2 amide bonds. The fourth-order valence-electron chi connectivity index (χ4n) is 3.23. The Hall–Kier alpha value is -3.38. The van der Waals surface area contributed by atoms with Crippen molar-refractivity contribution < 1.29 is 14.3 Å². The van der Waals surface area contributed by atoms with Crippen LogP contribution in [-0.4, -0.2) is 34.8 Å². The molecular weight excluding hydrogens is 426 g/mol. The van der Waals surface area contributed by atoms with Crippen molar-refractivity contribution in [3.63, 3.8) is 0 Å². The third kappa shape index (κ3) is 6.56. The van der Waals surface area contributed by atoms with E-state index in [4.69, 9.17) is 16.3 Å². The molecule has 7 heteroatoms. The number of pyridine rings is 1. The van der Waals surface area contributed by atoms with Gasteiger partial charge in [-0.1, -0.05) is 41.9 Å². The van der Waals surface area contributed by atoms with Crippen molar-refractivity contribution in [3.05, 3.63) is 94.8 Å². The summed E-state index contributed by atoms with van der Waals surface area (Å²) in [6.07, 6.45) is 3.55. The quantitative estimate of drug-likeness (QED) is 0.533. The Morgan fingerprint density at radius 3 is 2.34 bits per heavy atom. The number of nitrogens with one attached hydrogen (secondary N) is 1. The van der Waals surface area contributed by atoms with Gasteiger partial charge in [0.15, 0.2) is 0 Å². The van der Waals surface area contributed by atoms with E-state index in [0.29, 0.717) is 18.1 Å². The first-order valence-electron chi connectivity index (χ1n) is 10.3. The Kier molecular flexibility index (Phi) is 8.22. The predicted molar refractivity (Wildman–Crippen MR) is 124 cm³/mol. The van der Waals surface area contributed by atoms with Gasteiger partial charge in [0.25, 0.3) is 0 Å². The number of carbonyl (C=O) groups excluding carboxylic acids is 2. The van der Waals surface area contributed by atoms with Crippen LogP contribution in [0.25, 0.3) is 0 Å². The van der Waals surface area contributed by atoms with E-state index in [2.05, 4.69) is 10.3 Å². The highest BCUT2D eigenvalue weighted by Gasteiger charge is 2.26. The van der Waals surface area contributed by atoms with Crippen LogP contribution in [0.2, 0.25) is 5.02 Å². The molecular formula is C25H26ClN3O3. The largest absolute Gasteiger partial charge is 0.497 e. The molecule has 166 valence electrons. The van der Waals surface area contributed by atoms with Gasteiger partial charge in [-0.3, -0.25) is 14.6 Å². The van der Waals surface area contributed by atoms with Gasteiger partial charge in [0.1, 0.15) is 11.8 Å². The van der Waals surface area contributed by atoms with Gasteiger partial charge in [-0.15, -0.1) is 0 Å². The Bertz CT molecular complexity index is 1020. The maximum atomic E-state index is 13.2. The maximum absolute atomic E-state index is 13.2. The van der Waals surface area contributed by atoms with Crippen LogP contribution in [0.4, 0.5) is 0 Å². The molecule has 1 aromatic heterocycles. The Morgan fingerprint density at radius 2 is 1.72 bits per heavy atom. The Balaban J connectivity index is 1.74. The second kappa shape index (κ2) is 11.3. The van der Waals surface area contributed by atoms with E-state index in [9.17, 15) is 9.59 Å².